The van der Waals surface area contributed by atoms with Crippen LogP contribution in [-0.2, 0) is 11.4 Å². The van der Waals surface area contributed by atoms with Gasteiger partial charge in [0.15, 0.2) is 0 Å². The molecule has 0 saturated carbocycles. The Labute approximate surface area is 198 Å². The van der Waals surface area contributed by atoms with Gasteiger partial charge < -0.3 is 9.57 Å². The molecule has 0 unspecified atom stereocenters. The van der Waals surface area contributed by atoms with Crippen molar-refractivity contribution in [1.82, 2.24) is 25.2 Å². The van der Waals surface area contributed by atoms with Gasteiger partial charge in [0.25, 0.3) is 11.8 Å². The first-order chi connectivity index (χ1) is 16.3. The summed E-state index contributed by atoms with van der Waals surface area (Å²) in [6.45, 7) is 9.81. The molecule has 0 spiro atoms. The molecule has 3 aromatic heterocycles. The van der Waals surface area contributed by atoms with E-state index < -0.39 is 0 Å². The first-order valence-electron chi connectivity index (χ1n) is 11.2. The number of nitrogens with one attached hydrogen (secondary N) is 1. The second kappa shape index (κ2) is 9.51. The van der Waals surface area contributed by atoms with E-state index in [-0.39, 0.29) is 18.4 Å². The van der Waals surface area contributed by atoms with E-state index in [2.05, 4.69) is 15.2 Å². The maximum absolute atomic E-state index is 12.3. The van der Waals surface area contributed by atoms with Gasteiger partial charge in [-0.2, -0.15) is 10.2 Å². The van der Waals surface area contributed by atoms with Crippen molar-refractivity contribution in [3.8, 4) is 22.9 Å². The lowest BCUT2D eigenvalue weighted by Gasteiger charge is -2.21. The molecule has 0 saturated heterocycles. The van der Waals surface area contributed by atoms with Crippen molar-refractivity contribution in [3.63, 3.8) is 0 Å². The number of carbonyl (C=O) groups excluding carboxylic acids is 1. The molecule has 4 rings (SSSR count). The van der Waals surface area contributed by atoms with E-state index in [1.165, 1.54) is 5.06 Å². The highest BCUT2D eigenvalue weighted by Crippen LogP contribution is 2.34. The van der Waals surface area contributed by atoms with Crippen molar-refractivity contribution >= 4 is 16.8 Å². The summed E-state index contributed by atoms with van der Waals surface area (Å²) in [5.74, 6) is 0.674. The van der Waals surface area contributed by atoms with Crippen LogP contribution < -0.4 is 9.57 Å². The van der Waals surface area contributed by atoms with Gasteiger partial charge >= 0.3 is 0 Å². The number of ether oxygens (including phenoxy) is 1. The number of amides is 1. The highest BCUT2D eigenvalue weighted by molar-refractivity contribution is 5.97. The number of aryl methyl sites for hydroxylation is 3. The van der Waals surface area contributed by atoms with Crippen molar-refractivity contribution < 1.29 is 14.4 Å². The Morgan fingerprint density at radius 3 is 2.65 bits per heavy atom. The van der Waals surface area contributed by atoms with Crippen LogP contribution in [-0.4, -0.2) is 38.2 Å². The standard InChI is InChI=1S/C26H29N5O3/c1-15(2)26(32)31(6)34-25-21(16(3)10-11-27-25)14-33-22-9-7-8-19-20(12-18(5)29-24(19)22)23-17(4)13-28-30-23/h7-13,15H,14H2,1-6H3,(H,28,30). The van der Waals surface area contributed by atoms with Crippen LogP contribution in [0, 0.1) is 26.7 Å². The summed E-state index contributed by atoms with van der Waals surface area (Å²) in [6, 6.07) is 9.82. The fourth-order valence-electron chi connectivity index (χ4n) is 3.80. The van der Waals surface area contributed by atoms with E-state index in [1.807, 2.05) is 71.1 Å². The van der Waals surface area contributed by atoms with E-state index in [0.29, 0.717) is 11.6 Å². The van der Waals surface area contributed by atoms with Crippen molar-refractivity contribution in [1.29, 1.82) is 0 Å². The number of pyridine rings is 2. The molecule has 34 heavy (non-hydrogen) atoms. The Hall–Kier alpha value is -3.94. The third-order valence-corrected chi connectivity index (χ3v) is 5.68. The molecule has 0 aliphatic heterocycles. The lowest BCUT2D eigenvalue weighted by molar-refractivity contribution is -0.157. The third-order valence-electron chi connectivity index (χ3n) is 5.68. The molecule has 8 heteroatoms. The Kier molecular flexibility index (Phi) is 6.49. The Balaban J connectivity index is 1.67. The van der Waals surface area contributed by atoms with Crippen LogP contribution in [0.15, 0.2) is 42.7 Å². The molecular weight excluding hydrogens is 430 g/mol. The van der Waals surface area contributed by atoms with E-state index in [9.17, 15) is 4.79 Å². The molecule has 1 N–H and O–H groups in total. The van der Waals surface area contributed by atoms with E-state index in [0.717, 1.165) is 44.5 Å². The maximum Gasteiger partial charge on any atom is 0.257 e. The zero-order chi connectivity index (χ0) is 24.4. The highest BCUT2D eigenvalue weighted by atomic mass is 16.7. The number of fused-ring (bicyclic) bond motifs is 1. The van der Waals surface area contributed by atoms with Crippen molar-refractivity contribution in [2.24, 2.45) is 5.92 Å². The van der Waals surface area contributed by atoms with Crippen LogP contribution in [0.2, 0.25) is 0 Å². The molecule has 0 atom stereocenters. The minimum absolute atomic E-state index is 0.134. The zero-order valence-electron chi connectivity index (χ0n) is 20.3. The fraction of sp³-hybridized carbons (Fsp3) is 0.308. The Morgan fingerprint density at radius 2 is 1.94 bits per heavy atom. The molecule has 1 aromatic carbocycles. The summed E-state index contributed by atoms with van der Waals surface area (Å²) in [5.41, 5.74) is 6.41. The average Bonchev–Trinajstić information content (AvgIpc) is 3.23. The van der Waals surface area contributed by atoms with Crippen molar-refractivity contribution in [3.05, 3.63) is 65.1 Å². The second-order valence-corrected chi connectivity index (χ2v) is 8.67. The van der Waals surface area contributed by atoms with E-state index in [4.69, 9.17) is 14.6 Å². The third kappa shape index (κ3) is 4.57. The number of rotatable bonds is 7. The minimum Gasteiger partial charge on any atom is -0.486 e. The zero-order valence-corrected chi connectivity index (χ0v) is 20.3. The van der Waals surface area contributed by atoms with E-state index in [1.54, 1.807) is 13.2 Å². The monoisotopic (exact) mass is 459 g/mol. The normalized spacial score (nSPS) is 11.1. The van der Waals surface area contributed by atoms with Gasteiger partial charge in [-0.3, -0.25) is 9.89 Å². The predicted molar refractivity (Wildman–Crippen MR) is 130 cm³/mol. The number of hydrogen-bond donors (Lipinski definition) is 1. The van der Waals surface area contributed by atoms with Gasteiger partial charge in [-0.25, -0.2) is 9.97 Å². The van der Waals surface area contributed by atoms with E-state index >= 15 is 0 Å². The number of nitrogens with zero attached hydrogens (tertiary/aromatic N) is 4. The van der Waals surface area contributed by atoms with Gasteiger partial charge in [0.1, 0.15) is 17.9 Å². The van der Waals surface area contributed by atoms with Crippen LogP contribution in [0.1, 0.15) is 36.2 Å². The predicted octanol–water partition coefficient (Wildman–Crippen LogP) is 4.93. The largest absolute Gasteiger partial charge is 0.486 e. The van der Waals surface area contributed by atoms with Gasteiger partial charge in [-0.15, -0.1) is 0 Å². The topological polar surface area (TPSA) is 93.2 Å². The number of para-hydroxylation sites is 1. The lowest BCUT2D eigenvalue weighted by Crippen LogP contribution is -2.34. The second-order valence-electron chi connectivity index (χ2n) is 8.67. The molecule has 3 heterocycles. The molecule has 0 aliphatic carbocycles. The first kappa shape index (κ1) is 23.2. The highest BCUT2D eigenvalue weighted by Gasteiger charge is 2.19. The molecule has 176 valence electrons. The van der Waals surface area contributed by atoms with Crippen LogP contribution in [0.25, 0.3) is 22.2 Å². The van der Waals surface area contributed by atoms with Gasteiger partial charge in [-0.05, 0) is 50.1 Å². The molecule has 4 aromatic rings. The number of hydroxylamine groups is 2. The van der Waals surface area contributed by atoms with Crippen LogP contribution in [0.4, 0.5) is 0 Å². The van der Waals surface area contributed by atoms with Crippen LogP contribution in [0.3, 0.4) is 0 Å². The van der Waals surface area contributed by atoms with Crippen LogP contribution in [0.5, 0.6) is 11.6 Å². The summed E-state index contributed by atoms with van der Waals surface area (Å²) in [7, 11) is 1.59. The van der Waals surface area contributed by atoms with Crippen LogP contribution >= 0.6 is 0 Å². The molecule has 0 bridgehead atoms. The molecule has 0 fully saturated rings. The lowest BCUT2D eigenvalue weighted by atomic mass is 10.0. The van der Waals surface area contributed by atoms with Gasteiger partial charge in [0.2, 0.25) is 0 Å². The fourth-order valence-corrected chi connectivity index (χ4v) is 3.80. The first-order valence-corrected chi connectivity index (χ1v) is 11.2. The summed E-state index contributed by atoms with van der Waals surface area (Å²) in [4.78, 5) is 27.2. The maximum atomic E-state index is 12.3. The summed E-state index contributed by atoms with van der Waals surface area (Å²) < 4.78 is 6.26. The number of H-pyrrole nitrogens is 1. The number of carbonyl (C=O) groups is 1. The molecule has 0 aliphatic rings. The number of aromatic nitrogens is 4. The summed E-state index contributed by atoms with van der Waals surface area (Å²) in [6.07, 6.45) is 3.47. The SMILES string of the molecule is Cc1cc(-c2[nH]ncc2C)c2cccc(OCc3c(C)ccnc3ON(C)C(=O)C(C)C)c2n1. The van der Waals surface area contributed by atoms with Gasteiger partial charge in [0, 0.05) is 35.8 Å². The van der Waals surface area contributed by atoms with Crippen molar-refractivity contribution in [2.45, 2.75) is 41.2 Å². The molecule has 0 radical (unpaired) electrons. The quantitative estimate of drug-likeness (QED) is 0.394. The number of hydrogen-bond acceptors (Lipinski definition) is 6. The smallest absolute Gasteiger partial charge is 0.257 e. The molecule has 1 amide bonds. The summed E-state index contributed by atoms with van der Waals surface area (Å²) in [5, 5.41) is 9.46. The molecular formula is C26H29N5O3. The Morgan fingerprint density at radius 1 is 1.15 bits per heavy atom. The minimum atomic E-state index is -0.188. The van der Waals surface area contributed by atoms with Gasteiger partial charge in [0.05, 0.1) is 17.5 Å². The van der Waals surface area contributed by atoms with Crippen molar-refractivity contribution in [2.75, 3.05) is 7.05 Å². The average molecular weight is 460 g/mol. The molecule has 8 nitrogen and oxygen atoms in total. The Bertz CT molecular complexity index is 1350. The summed E-state index contributed by atoms with van der Waals surface area (Å²) >= 11 is 0. The number of benzene rings is 1. The van der Waals surface area contributed by atoms with Gasteiger partial charge in [-0.1, -0.05) is 26.0 Å². The number of aromatic amines is 1.